The summed E-state index contributed by atoms with van der Waals surface area (Å²) in [5, 5.41) is 0. The molecule has 1 N–H and O–H groups in total. The Morgan fingerprint density at radius 3 is 2.31 bits per heavy atom. The maximum absolute atomic E-state index is 13.1. The summed E-state index contributed by atoms with van der Waals surface area (Å²) in [7, 11) is 0. The van der Waals surface area contributed by atoms with E-state index in [2.05, 4.69) is 9.97 Å². The van der Waals surface area contributed by atoms with E-state index < -0.39 is 0 Å². The number of benzene rings is 1. The van der Waals surface area contributed by atoms with Gasteiger partial charge in [0, 0.05) is 49.8 Å². The molecule has 0 saturated carbocycles. The largest absolute Gasteiger partial charge is 0.342 e. The lowest BCUT2D eigenvalue weighted by molar-refractivity contribution is -0.138. The van der Waals surface area contributed by atoms with Gasteiger partial charge in [0.25, 0.3) is 5.91 Å². The summed E-state index contributed by atoms with van der Waals surface area (Å²) < 4.78 is 0. The predicted octanol–water partition coefficient (Wildman–Crippen LogP) is 3.52. The standard InChI is InChI=1S/C25H29N5O2/c1-17-2-4-19(5-3-17)24(31)30-14-9-20(10-15-30)25(32)29-12-7-18(8-13-29)23-27-21-6-11-26-16-22(21)28-23/h2-6,11,16,18,20H,7-10,12-15H2,1H3,(H,27,28). The Morgan fingerprint density at radius 1 is 0.938 bits per heavy atom. The van der Waals surface area contributed by atoms with Gasteiger partial charge < -0.3 is 14.8 Å². The van der Waals surface area contributed by atoms with Crippen molar-refractivity contribution < 1.29 is 9.59 Å². The van der Waals surface area contributed by atoms with Crippen molar-refractivity contribution in [2.45, 2.75) is 38.5 Å². The molecule has 2 amide bonds. The SMILES string of the molecule is Cc1ccc(C(=O)N2CCC(C(=O)N3CCC(c4nc5ccncc5[nH]4)CC3)CC2)cc1. The Labute approximate surface area is 187 Å². The predicted molar refractivity (Wildman–Crippen MR) is 122 cm³/mol. The number of aromatic amines is 1. The summed E-state index contributed by atoms with van der Waals surface area (Å²) in [6.07, 6.45) is 6.89. The minimum atomic E-state index is 0.0193. The van der Waals surface area contributed by atoms with Crippen LogP contribution in [0, 0.1) is 12.8 Å². The number of carbonyl (C=O) groups is 2. The first kappa shape index (κ1) is 20.7. The van der Waals surface area contributed by atoms with E-state index in [1.54, 1.807) is 12.4 Å². The molecule has 2 saturated heterocycles. The van der Waals surface area contributed by atoms with Crippen molar-refractivity contribution in [3.05, 3.63) is 59.7 Å². The average Bonchev–Trinajstić information content (AvgIpc) is 3.28. The monoisotopic (exact) mass is 431 g/mol. The zero-order valence-corrected chi connectivity index (χ0v) is 18.5. The van der Waals surface area contributed by atoms with Crippen molar-refractivity contribution in [2.24, 2.45) is 5.92 Å². The first-order chi connectivity index (χ1) is 15.6. The van der Waals surface area contributed by atoms with E-state index in [9.17, 15) is 9.59 Å². The van der Waals surface area contributed by atoms with Crippen LogP contribution in [0.2, 0.25) is 0 Å². The highest BCUT2D eigenvalue weighted by molar-refractivity contribution is 5.94. The molecule has 0 unspecified atom stereocenters. The van der Waals surface area contributed by atoms with E-state index in [-0.39, 0.29) is 17.7 Å². The average molecular weight is 432 g/mol. The Morgan fingerprint density at radius 2 is 1.62 bits per heavy atom. The molecule has 2 aliphatic rings. The number of nitrogens with zero attached hydrogens (tertiary/aromatic N) is 4. The molecular weight excluding hydrogens is 402 g/mol. The van der Waals surface area contributed by atoms with Gasteiger partial charge in [0.2, 0.25) is 5.91 Å². The molecule has 0 bridgehead atoms. The third-order valence-corrected chi connectivity index (χ3v) is 6.92. The van der Waals surface area contributed by atoms with Crippen molar-refractivity contribution >= 4 is 22.8 Å². The maximum Gasteiger partial charge on any atom is 0.253 e. The second-order valence-electron chi connectivity index (χ2n) is 9.05. The molecule has 0 atom stereocenters. The second kappa shape index (κ2) is 8.73. The molecular formula is C25H29N5O2. The third kappa shape index (κ3) is 4.11. The van der Waals surface area contributed by atoms with Gasteiger partial charge in [0.1, 0.15) is 5.82 Å². The van der Waals surface area contributed by atoms with Crippen LogP contribution < -0.4 is 0 Å². The van der Waals surface area contributed by atoms with E-state index in [0.29, 0.717) is 19.0 Å². The quantitative estimate of drug-likeness (QED) is 0.688. The molecule has 2 aliphatic heterocycles. The van der Waals surface area contributed by atoms with Crippen LogP contribution in [0.1, 0.15) is 53.3 Å². The number of likely N-dealkylation sites (tertiary alicyclic amines) is 2. The van der Waals surface area contributed by atoms with Crippen molar-refractivity contribution in [2.75, 3.05) is 26.2 Å². The number of hydrogen-bond acceptors (Lipinski definition) is 4. The fourth-order valence-electron chi connectivity index (χ4n) is 4.91. The minimum absolute atomic E-state index is 0.0193. The van der Waals surface area contributed by atoms with Crippen LogP contribution in [-0.2, 0) is 4.79 Å². The molecule has 2 aromatic heterocycles. The van der Waals surface area contributed by atoms with Crippen LogP contribution >= 0.6 is 0 Å². The Bertz CT molecular complexity index is 1070. The van der Waals surface area contributed by atoms with Gasteiger partial charge in [-0.2, -0.15) is 0 Å². The van der Waals surface area contributed by atoms with Gasteiger partial charge in [0.15, 0.2) is 0 Å². The summed E-state index contributed by atoms with van der Waals surface area (Å²) in [6, 6.07) is 9.63. The first-order valence-corrected chi connectivity index (χ1v) is 11.5. The van der Waals surface area contributed by atoms with Crippen LogP contribution in [0.3, 0.4) is 0 Å². The number of piperidine rings is 2. The Kier molecular flexibility index (Phi) is 5.64. The highest BCUT2D eigenvalue weighted by Gasteiger charge is 2.33. The number of pyridine rings is 1. The molecule has 3 aromatic rings. The first-order valence-electron chi connectivity index (χ1n) is 11.5. The van der Waals surface area contributed by atoms with E-state index in [1.165, 1.54) is 0 Å². The molecule has 32 heavy (non-hydrogen) atoms. The fraction of sp³-hybridized carbons (Fsp3) is 0.440. The smallest absolute Gasteiger partial charge is 0.253 e. The summed E-state index contributed by atoms with van der Waals surface area (Å²) in [5.74, 6) is 1.69. The number of imidazole rings is 1. The van der Waals surface area contributed by atoms with Crippen LogP contribution in [-0.4, -0.2) is 62.7 Å². The number of aryl methyl sites for hydroxylation is 1. The lowest BCUT2D eigenvalue weighted by Gasteiger charge is -2.37. The second-order valence-corrected chi connectivity index (χ2v) is 9.05. The summed E-state index contributed by atoms with van der Waals surface area (Å²) in [6.45, 7) is 4.84. The van der Waals surface area contributed by atoms with Crippen molar-refractivity contribution in [1.82, 2.24) is 24.8 Å². The van der Waals surface area contributed by atoms with Crippen molar-refractivity contribution in [3.8, 4) is 0 Å². The van der Waals surface area contributed by atoms with Crippen LogP contribution in [0.25, 0.3) is 11.0 Å². The van der Waals surface area contributed by atoms with Crippen LogP contribution in [0.4, 0.5) is 0 Å². The van der Waals surface area contributed by atoms with Gasteiger partial charge in [-0.1, -0.05) is 17.7 Å². The number of nitrogens with one attached hydrogen (secondary N) is 1. The molecule has 0 radical (unpaired) electrons. The minimum Gasteiger partial charge on any atom is -0.342 e. The number of H-pyrrole nitrogens is 1. The highest BCUT2D eigenvalue weighted by Crippen LogP contribution is 2.29. The molecule has 0 aliphatic carbocycles. The van der Waals surface area contributed by atoms with Gasteiger partial charge in [-0.05, 0) is 50.8 Å². The maximum atomic E-state index is 13.1. The van der Waals surface area contributed by atoms with Gasteiger partial charge in [-0.15, -0.1) is 0 Å². The zero-order valence-electron chi connectivity index (χ0n) is 18.5. The van der Waals surface area contributed by atoms with Crippen molar-refractivity contribution in [1.29, 1.82) is 0 Å². The normalized spacial score (nSPS) is 18.3. The van der Waals surface area contributed by atoms with Crippen LogP contribution in [0.15, 0.2) is 42.7 Å². The summed E-state index contributed by atoms with van der Waals surface area (Å²) in [4.78, 5) is 42.0. The van der Waals surface area contributed by atoms with Gasteiger partial charge in [-0.3, -0.25) is 14.6 Å². The molecule has 1 aromatic carbocycles. The molecule has 0 spiro atoms. The number of carbonyl (C=O) groups excluding carboxylic acids is 2. The van der Waals surface area contributed by atoms with E-state index in [4.69, 9.17) is 4.98 Å². The van der Waals surface area contributed by atoms with E-state index in [0.717, 1.165) is 66.8 Å². The summed E-state index contributed by atoms with van der Waals surface area (Å²) in [5.41, 5.74) is 3.78. The van der Waals surface area contributed by atoms with Crippen molar-refractivity contribution in [3.63, 3.8) is 0 Å². The van der Waals surface area contributed by atoms with Gasteiger partial charge >= 0.3 is 0 Å². The molecule has 5 rings (SSSR count). The highest BCUT2D eigenvalue weighted by atomic mass is 16.2. The molecule has 7 nitrogen and oxygen atoms in total. The van der Waals surface area contributed by atoms with Crippen LogP contribution in [0.5, 0.6) is 0 Å². The number of rotatable bonds is 3. The topological polar surface area (TPSA) is 82.2 Å². The zero-order chi connectivity index (χ0) is 22.1. The number of aromatic nitrogens is 3. The number of amides is 2. The number of fused-ring (bicyclic) bond motifs is 1. The molecule has 7 heteroatoms. The lowest BCUT2D eigenvalue weighted by Crippen LogP contribution is -2.46. The number of hydrogen-bond donors (Lipinski definition) is 1. The molecule has 2 fully saturated rings. The van der Waals surface area contributed by atoms with Gasteiger partial charge in [0.05, 0.1) is 17.2 Å². The molecule has 166 valence electrons. The Hall–Kier alpha value is -3.22. The Balaban J connectivity index is 1.13. The van der Waals surface area contributed by atoms with E-state index >= 15 is 0 Å². The fourth-order valence-corrected chi connectivity index (χ4v) is 4.91. The third-order valence-electron chi connectivity index (χ3n) is 6.92. The summed E-state index contributed by atoms with van der Waals surface area (Å²) >= 11 is 0. The lowest BCUT2D eigenvalue weighted by atomic mass is 9.91. The van der Waals surface area contributed by atoms with Gasteiger partial charge in [-0.25, -0.2) is 4.98 Å². The van der Waals surface area contributed by atoms with E-state index in [1.807, 2.05) is 47.1 Å². The molecule has 4 heterocycles.